The van der Waals surface area contributed by atoms with Crippen molar-refractivity contribution in [1.29, 1.82) is 0 Å². The summed E-state index contributed by atoms with van der Waals surface area (Å²) < 4.78 is 70.7. The van der Waals surface area contributed by atoms with Crippen LogP contribution in [0.2, 0.25) is 0 Å². The van der Waals surface area contributed by atoms with E-state index >= 15 is 0 Å². The topological polar surface area (TPSA) is 80.8 Å². The molecule has 1 atom stereocenters. The van der Waals surface area contributed by atoms with Gasteiger partial charge in [0.1, 0.15) is 0 Å². The van der Waals surface area contributed by atoms with Gasteiger partial charge in [0, 0.05) is 25.1 Å². The minimum atomic E-state index is -4.63. The number of sulfonamides is 1. The molecule has 1 amide bonds. The minimum Gasteiger partial charge on any atom is -0.479 e. The van der Waals surface area contributed by atoms with E-state index in [4.69, 9.17) is 17.0 Å². The van der Waals surface area contributed by atoms with Gasteiger partial charge in [-0.1, -0.05) is 17.8 Å². The van der Waals surface area contributed by atoms with Crippen LogP contribution in [-0.2, 0) is 25.7 Å². The number of ether oxygens (including phenoxy) is 1. The van der Waals surface area contributed by atoms with Crippen LogP contribution in [0.1, 0.15) is 41.9 Å². The number of benzene rings is 1. The van der Waals surface area contributed by atoms with Gasteiger partial charge in [0.25, 0.3) is 10.0 Å². The maximum Gasteiger partial charge on any atom is 0.416 e. The summed E-state index contributed by atoms with van der Waals surface area (Å²) in [6.45, 7) is 2.71. The molecule has 0 radical (unpaired) electrons. The monoisotopic (exact) mass is 553 g/mol. The predicted molar refractivity (Wildman–Crippen MR) is 130 cm³/mol. The van der Waals surface area contributed by atoms with Gasteiger partial charge in [-0.3, -0.25) is 9.59 Å². The highest BCUT2D eigenvalue weighted by molar-refractivity contribution is 8.23. The minimum absolute atomic E-state index is 0.0823. The van der Waals surface area contributed by atoms with Gasteiger partial charge in [-0.05, 0) is 61.3 Å². The first kappa shape index (κ1) is 28.3. The highest BCUT2D eigenvalue weighted by atomic mass is 32.2. The molecule has 1 aromatic heterocycles. The molecule has 1 unspecified atom stereocenters. The number of ketones is 1. The van der Waals surface area contributed by atoms with Crippen molar-refractivity contribution < 1.29 is 35.9 Å². The lowest BCUT2D eigenvalue weighted by atomic mass is 10.1. The summed E-state index contributed by atoms with van der Waals surface area (Å²) in [6.07, 6.45) is -4.35. The van der Waals surface area contributed by atoms with Crippen LogP contribution in [0.4, 0.5) is 13.2 Å². The van der Waals surface area contributed by atoms with Gasteiger partial charge < -0.3 is 4.74 Å². The summed E-state index contributed by atoms with van der Waals surface area (Å²) in [7, 11) is -4.45. The number of carbonyl (C=O) groups is 2. The summed E-state index contributed by atoms with van der Waals surface area (Å²) in [5.41, 5.74) is -1.01. The van der Waals surface area contributed by atoms with E-state index in [1.54, 1.807) is 24.4 Å². The van der Waals surface area contributed by atoms with Gasteiger partial charge in [0.05, 0.1) is 21.9 Å². The number of halogens is 3. The van der Waals surface area contributed by atoms with E-state index in [2.05, 4.69) is 0 Å². The van der Waals surface area contributed by atoms with Crippen molar-refractivity contribution in [2.24, 2.45) is 0 Å². The Balaban J connectivity index is 2.26. The molecule has 1 aromatic carbocycles. The molecule has 1 heterocycles. The predicted octanol–water partition coefficient (Wildman–Crippen LogP) is 5.39. The summed E-state index contributed by atoms with van der Waals surface area (Å²) in [6, 6.07) is 6.31. The van der Waals surface area contributed by atoms with E-state index in [1.165, 1.54) is 11.3 Å². The number of thiophene rings is 1. The molecule has 0 saturated carbocycles. The van der Waals surface area contributed by atoms with Crippen molar-refractivity contribution >= 4 is 61.4 Å². The zero-order valence-electron chi connectivity index (χ0n) is 18.2. The first-order valence-electron chi connectivity index (χ1n) is 9.97. The highest BCUT2D eigenvalue weighted by Gasteiger charge is 2.33. The van der Waals surface area contributed by atoms with Gasteiger partial charge >= 0.3 is 6.18 Å². The number of thiocarbonyl (C=S) groups is 1. The Kier molecular flexibility index (Phi) is 10.1. The van der Waals surface area contributed by atoms with E-state index in [0.717, 1.165) is 30.8 Å². The third kappa shape index (κ3) is 7.79. The number of nitrogens with zero attached hydrogens (tertiary/aromatic N) is 1. The van der Waals surface area contributed by atoms with Crippen molar-refractivity contribution in [3.8, 4) is 0 Å². The van der Waals surface area contributed by atoms with E-state index in [1.807, 2.05) is 0 Å². The lowest BCUT2D eigenvalue weighted by Gasteiger charge is -2.26. The maximum atomic E-state index is 13.1. The van der Waals surface area contributed by atoms with Crippen LogP contribution in [-0.4, -0.2) is 47.2 Å². The van der Waals surface area contributed by atoms with Crippen LogP contribution in [0.15, 0.2) is 46.7 Å². The highest BCUT2D eigenvalue weighted by Crippen LogP contribution is 2.31. The average molecular weight is 554 g/mol. The molecule has 0 bridgehead atoms. The van der Waals surface area contributed by atoms with Crippen molar-refractivity contribution in [2.45, 2.75) is 43.0 Å². The molecule has 6 nitrogen and oxygen atoms in total. The number of amides is 1. The maximum absolute atomic E-state index is 13.1. The van der Waals surface area contributed by atoms with Crippen molar-refractivity contribution in [1.82, 2.24) is 4.31 Å². The lowest BCUT2D eigenvalue weighted by molar-refractivity contribution is -0.137. The molecular formula is C21H22F3NO5S4. The summed E-state index contributed by atoms with van der Waals surface area (Å²) >= 11 is 7.45. The molecule has 2 rings (SSSR count). The van der Waals surface area contributed by atoms with Crippen molar-refractivity contribution in [3.63, 3.8) is 0 Å². The molecule has 13 heteroatoms. The molecule has 186 valence electrons. The van der Waals surface area contributed by atoms with E-state index < -0.39 is 37.8 Å². The van der Waals surface area contributed by atoms with Gasteiger partial charge in [-0.25, -0.2) is 12.7 Å². The molecule has 0 aliphatic rings. The molecule has 0 spiro atoms. The zero-order chi connectivity index (χ0) is 25.5. The number of Topliss-reactive ketones (excluding diaryl/α,β-unsaturated/α-hetero) is 1. The van der Waals surface area contributed by atoms with Crippen LogP contribution in [0.5, 0.6) is 0 Å². The Morgan fingerprint density at radius 3 is 2.35 bits per heavy atom. The SMILES string of the molecule is CCOC(=S)SC(CCC(=O)c1cccs1)CN(C(C)=O)S(=O)(=O)c1ccc(C(F)(F)F)cc1. The normalized spacial score (nSPS) is 12.7. The smallest absolute Gasteiger partial charge is 0.416 e. The van der Waals surface area contributed by atoms with Crippen LogP contribution in [0.25, 0.3) is 0 Å². The quantitative estimate of drug-likeness (QED) is 0.288. The van der Waals surface area contributed by atoms with Crippen LogP contribution >= 0.6 is 35.3 Å². The Morgan fingerprint density at radius 2 is 1.85 bits per heavy atom. The van der Waals surface area contributed by atoms with Gasteiger partial charge in [-0.15, -0.1) is 11.3 Å². The molecule has 0 N–H and O–H groups in total. The fourth-order valence-electron chi connectivity index (χ4n) is 2.85. The summed E-state index contributed by atoms with van der Waals surface area (Å²) in [4.78, 5) is 24.8. The van der Waals surface area contributed by atoms with Crippen molar-refractivity contribution in [3.05, 3.63) is 52.2 Å². The van der Waals surface area contributed by atoms with E-state index in [0.29, 0.717) is 21.3 Å². The number of carbonyl (C=O) groups excluding carboxylic acids is 2. The first-order chi connectivity index (χ1) is 15.9. The second-order valence-corrected chi connectivity index (χ2v) is 11.7. The molecule has 0 aliphatic heterocycles. The average Bonchev–Trinajstić information content (AvgIpc) is 3.29. The van der Waals surface area contributed by atoms with Gasteiger partial charge in [-0.2, -0.15) is 13.2 Å². The first-order valence-corrected chi connectivity index (χ1v) is 13.6. The Hall–Kier alpha value is -1.96. The Bertz CT molecular complexity index is 1100. The third-order valence-corrected chi connectivity index (χ3v) is 8.70. The number of thioether (sulfide) groups is 1. The number of hydrogen-bond acceptors (Lipinski definition) is 8. The fourth-order valence-corrected chi connectivity index (χ4v) is 6.53. The number of hydrogen-bond donors (Lipinski definition) is 0. The molecule has 0 fully saturated rings. The molecular weight excluding hydrogens is 531 g/mol. The summed E-state index contributed by atoms with van der Waals surface area (Å²) in [5.74, 6) is -0.958. The Labute approximate surface area is 209 Å². The lowest BCUT2D eigenvalue weighted by Crippen LogP contribution is -2.40. The van der Waals surface area contributed by atoms with Crippen LogP contribution < -0.4 is 0 Å². The van der Waals surface area contributed by atoms with Crippen LogP contribution in [0, 0.1) is 0 Å². The van der Waals surface area contributed by atoms with Gasteiger partial charge in [0.2, 0.25) is 10.3 Å². The molecule has 0 saturated heterocycles. The van der Waals surface area contributed by atoms with Crippen LogP contribution in [0.3, 0.4) is 0 Å². The van der Waals surface area contributed by atoms with E-state index in [-0.39, 0.29) is 36.2 Å². The van der Waals surface area contributed by atoms with Gasteiger partial charge in [0.15, 0.2) is 5.78 Å². The second-order valence-electron chi connectivity index (χ2n) is 6.94. The number of rotatable bonds is 10. The second kappa shape index (κ2) is 12.1. The largest absolute Gasteiger partial charge is 0.479 e. The number of alkyl halides is 3. The fraction of sp³-hybridized carbons (Fsp3) is 0.381. The Morgan fingerprint density at radius 1 is 1.21 bits per heavy atom. The molecule has 0 aliphatic carbocycles. The standard InChI is InChI=1S/C21H22F3NO5S4/c1-3-30-20(31)33-16(8-11-18(27)19-5-4-12-32-19)13-25(14(2)26)34(28,29)17-9-6-15(7-10-17)21(22,23)24/h4-7,9-10,12,16H,3,8,11,13H2,1-2H3. The van der Waals surface area contributed by atoms with Crippen molar-refractivity contribution in [2.75, 3.05) is 13.2 Å². The molecule has 2 aromatic rings. The summed E-state index contributed by atoms with van der Waals surface area (Å²) in [5, 5.41) is 1.15. The van der Waals surface area contributed by atoms with E-state index in [9.17, 15) is 31.2 Å². The third-order valence-electron chi connectivity index (χ3n) is 4.50. The molecule has 34 heavy (non-hydrogen) atoms. The zero-order valence-corrected chi connectivity index (χ0v) is 21.5.